The van der Waals surface area contributed by atoms with Gasteiger partial charge >= 0.3 is 0 Å². The van der Waals surface area contributed by atoms with Gasteiger partial charge in [0.2, 0.25) is 5.91 Å². The van der Waals surface area contributed by atoms with E-state index >= 15 is 0 Å². The molecule has 3 aromatic rings. The third kappa shape index (κ3) is 3.55. The van der Waals surface area contributed by atoms with E-state index in [9.17, 15) is 4.79 Å². The van der Waals surface area contributed by atoms with Crippen molar-refractivity contribution in [3.8, 4) is 10.4 Å². The fourth-order valence-corrected chi connectivity index (χ4v) is 4.40. The molecule has 134 valence electrons. The molecule has 1 aliphatic rings. The molecule has 6 heteroatoms. The first kappa shape index (κ1) is 17.0. The van der Waals surface area contributed by atoms with Gasteiger partial charge in [0.25, 0.3) is 0 Å². The van der Waals surface area contributed by atoms with E-state index in [2.05, 4.69) is 33.5 Å². The first-order valence-electron chi connectivity index (χ1n) is 9.06. The van der Waals surface area contributed by atoms with Crippen LogP contribution in [-0.4, -0.2) is 40.4 Å². The lowest BCUT2D eigenvalue weighted by Gasteiger charge is -2.15. The number of carbonyl (C=O) groups is 1. The van der Waals surface area contributed by atoms with Crippen molar-refractivity contribution >= 4 is 33.3 Å². The van der Waals surface area contributed by atoms with Crippen LogP contribution in [0.15, 0.2) is 36.4 Å². The number of hydrogen-bond donors (Lipinski definition) is 1. The van der Waals surface area contributed by atoms with E-state index in [4.69, 9.17) is 0 Å². The Morgan fingerprint density at radius 3 is 2.73 bits per heavy atom. The Bertz CT molecular complexity index is 916. The highest BCUT2D eigenvalue weighted by Gasteiger charge is 2.17. The Labute approximate surface area is 157 Å². The van der Waals surface area contributed by atoms with Crippen LogP contribution in [-0.2, 0) is 4.79 Å². The SMILES string of the molecule is Cc1nc(NCCC(=O)N2CCCC2)c2cc(-c3ccccc3)sc2n1. The number of fused-ring (bicyclic) bond motifs is 1. The second kappa shape index (κ2) is 7.41. The summed E-state index contributed by atoms with van der Waals surface area (Å²) >= 11 is 1.67. The highest BCUT2D eigenvalue weighted by atomic mass is 32.1. The van der Waals surface area contributed by atoms with E-state index in [-0.39, 0.29) is 5.91 Å². The van der Waals surface area contributed by atoms with Crippen LogP contribution in [0, 0.1) is 6.92 Å². The van der Waals surface area contributed by atoms with Crippen molar-refractivity contribution in [1.82, 2.24) is 14.9 Å². The van der Waals surface area contributed by atoms with Gasteiger partial charge in [-0.2, -0.15) is 0 Å². The van der Waals surface area contributed by atoms with Crippen LogP contribution < -0.4 is 5.32 Å². The molecule has 1 fully saturated rings. The van der Waals surface area contributed by atoms with Crippen LogP contribution in [0.2, 0.25) is 0 Å². The number of rotatable bonds is 5. The average molecular weight is 366 g/mol. The molecule has 0 saturated carbocycles. The van der Waals surface area contributed by atoms with Crippen LogP contribution in [0.25, 0.3) is 20.7 Å². The summed E-state index contributed by atoms with van der Waals surface area (Å²) < 4.78 is 0. The molecule has 0 aliphatic carbocycles. The molecule has 26 heavy (non-hydrogen) atoms. The highest BCUT2D eigenvalue weighted by Crippen LogP contribution is 2.35. The van der Waals surface area contributed by atoms with Crippen molar-refractivity contribution in [2.45, 2.75) is 26.2 Å². The lowest BCUT2D eigenvalue weighted by Crippen LogP contribution is -2.29. The molecule has 5 nitrogen and oxygen atoms in total. The first-order valence-corrected chi connectivity index (χ1v) is 9.87. The molecule has 0 spiro atoms. The molecule has 1 amide bonds. The van der Waals surface area contributed by atoms with E-state index in [1.807, 2.05) is 30.0 Å². The number of benzene rings is 1. The van der Waals surface area contributed by atoms with E-state index in [1.165, 1.54) is 10.4 Å². The third-order valence-corrected chi connectivity index (χ3v) is 5.73. The Hall–Kier alpha value is -2.47. The van der Waals surface area contributed by atoms with Crippen LogP contribution in [0.5, 0.6) is 0 Å². The Kier molecular flexibility index (Phi) is 4.84. The number of aryl methyl sites for hydroxylation is 1. The van der Waals surface area contributed by atoms with Gasteiger partial charge < -0.3 is 10.2 Å². The molecule has 1 aliphatic heterocycles. The van der Waals surface area contributed by atoms with Crippen LogP contribution in [0.1, 0.15) is 25.1 Å². The van der Waals surface area contributed by atoms with Gasteiger partial charge in [0, 0.05) is 30.9 Å². The van der Waals surface area contributed by atoms with Crippen LogP contribution >= 0.6 is 11.3 Å². The van der Waals surface area contributed by atoms with Gasteiger partial charge in [-0.25, -0.2) is 9.97 Å². The molecule has 3 heterocycles. The lowest BCUT2D eigenvalue weighted by atomic mass is 10.2. The average Bonchev–Trinajstić information content (AvgIpc) is 3.32. The van der Waals surface area contributed by atoms with E-state index < -0.39 is 0 Å². The molecule has 1 N–H and O–H groups in total. The molecule has 0 unspecified atom stereocenters. The standard InChI is InChI=1S/C20H22N4OS/c1-14-22-19(21-10-9-18(25)24-11-5-6-12-24)16-13-17(26-20(16)23-14)15-7-3-2-4-8-15/h2-4,7-8,13H,5-6,9-12H2,1H3,(H,21,22,23). The largest absolute Gasteiger partial charge is 0.369 e. The summed E-state index contributed by atoms with van der Waals surface area (Å²) in [6.45, 7) is 4.31. The van der Waals surface area contributed by atoms with Gasteiger partial charge in [-0.1, -0.05) is 30.3 Å². The summed E-state index contributed by atoms with van der Waals surface area (Å²) in [5.74, 6) is 1.79. The maximum absolute atomic E-state index is 12.2. The van der Waals surface area contributed by atoms with Crippen LogP contribution in [0.3, 0.4) is 0 Å². The van der Waals surface area contributed by atoms with Crippen molar-refractivity contribution in [2.75, 3.05) is 25.0 Å². The maximum atomic E-state index is 12.2. The van der Waals surface area contributed by atoms with Gasteiger partial charge in [0.05, 0.1) is 5.39 Å². The van der Waals surface area contributed by atoms with Crippen molar-refractivity contribution in [3.05, 3.63) is 42.2 Å². The van der Waals surface area contributed by atoms with Gasteiger partial charge in [0.1, 0.15) is 16.5 Å². The molecule has 2 aromatic heterocycles. The topological polar surface area (TPSA) is 58.1 Å². The molecule has 0 radical (unpaired) electrons. The predicted octanol–water partition coefficient (Wildman–Crippen LogP) is 4.09. The van der Waals surface area contributed by atoms with Crippen LogP contribution in [0.4, 0.5) is 5.82 Å². The second-order valence-electron chi connectivity index (χ2n) is 6.58. The van der Waals surface area contributed by atoms with Gasteiger partial charge in [-0.3, -0.25) is 4.79 Å². The zero-order valence-electron chi connectivity index (χ0n) is 14.9. The number of aromatic nitrogens is 2. The number of hydrogen-bond acceptors (Lipinski definition) is 5. The quantitative estimate of drug-likeness (QED) is 0.739. The zero-order chi connectivity index (χ0) is 17.9. The van der Waals surface area contributed by atoms with Crippen molar-refractivity contribution in [2.24, 2.45) is 0 Å². The maximum Gasteiger partial charge on any atom is 0.224 e. The number of likely N-dealkylation sites (tertiary alicyclic amines) is 1. The fraction of sp³-hybridized carbons (Fsp3) is 0.350. The number of nitrogens with one attached hydrogen (secondary N) is 1. The normalized spacial score (nSPS) is 14.1. The molecule has 1 aromatic carbocycles. The minimum atomic E-state index is 0.229. The van der Waals surface area contributed by atoms with E-state index in [1.54, 1.807) is 11.3 Å². The third-order valence-electron chi connectivity index (χ3n) is 4.65. The Morgan fingerprint density at radius 2 is 1.96 bits per heavy atom. The molecule has 4 rings (SSSR count). The molecule has 0 bridgehead atoms. The summed E-state index contributed by atoms with van der Waals surface area (Å²) in [5, 5.41) is 4.38. The Balaban J connectivity index is 1.52. The number of thiophene rings is 1. The minimum Gasteiger partial charge on any atom is -0.369 e. The summed E-state index contributed by atoms with van der Waals surface area (Å²) in [4.78, 5) is 25.5. The van der Waals surface area contributed by atoms with Gasteiger partial charge in [-0.15, -0.1) is 11.3 Å². The van der Waals surface area contributed by atoms with Crippen molar-refractivity contribution in [1.29, 1.82) is 0 Å². The smallest absolute Gasteiger partial charge is 0.224 e. The van der Waals surface area contributed by atoms with Gasteiger partial charge in [-0.05, 0) is 31.4 Å². The number of carbonyl (C=O) groups excluding carboxylic acids is 1. The van der Waals surface area contributed by atoms with Crippen molar-refractivity contribution < 1.29 is 4.79 Å². The highest BCUT2D eigenvalue weighted by molar-refractivity contribution is 7.21. The van der Waals surface area contributed by atoms with E-state index in [0.29, 0.717) is 13.0 Å². The summed E-state index contributed by atoms with van der Waals surface area (Å²) in [6, 6.07) is 12.4. The Morgan fingerprint density at radius 1 is 1.19 bits per heavy atom. The minimum absolute atomic E-state index is 0.229. The number of amides is 1. The first-order chi connectivity index (χ1) is 12.7. The predicted molar refractivity (Wildman–Crippen MR) is 107 cm³/mol. The lowest BCUT2D eigenvalue weighted by molar-refractivity contribution is -0.129. The fourth-order valence-electron chi connectivity index (χ4n) is 3.32. The molecular formula is C20H22N4OS. The monoisotopic (exact) mass is 366 g/mol. The number of nitrogens with zero attached hydrogens (tertiary/aromatic N) is 3. The van der Waals surface area contributed by atoms with Crippen molar-refractivity contribution in [3.63, 3.8) is 0 Å². The second-order valence-corrected chi connectivity index (χ2v) is 7.61. The molecule has 1 saturated heterocycles. The van der Waals surface area contributed by atoms with Gasteiger partial charge in [0.15, 0.2) is 0 Å². The molecule has 0 atom stereocenters. The van der Waals surface area contributed by atoms with E-state index in [0.717, 1.165) is 47.8 Å². The molecular weight excluding hydrogens is 344 g/mol. The number of anilines is 1. The summed E-state index contributed by atoms with van der Waals surface area (Å²) in [5.41, 5.74) is 1.18. The summed E-state index contributed by atoms with van der Waals surface area (Å²) in [6.07, 6.45) is 2.75. The zero-order valence-corrected chi connectivity index (χ0v) is 15.7. The summed E-state index contributed by atoms with van der Waals surface area (Å²) in [7, 11) is 0.